The van der Waals surface area contributed by atoms with Gasteiger partial charge in [0, 0.05) is 40.8 Å². The van der Waals surface area contributed by atoms with Crippen molar-refractivity contribution in [2.45, 2.75) is 13.8 Å². The van der Waals surface area contributed by atoms with Crippen LogP contribution < -0.4 is 5.32 Å². The molecular weight excluding hydrogens is 368 g/mol. The Hall–Kier alpha value is -4.00. The van der Waals surface area contributed by atoms with Crippen LogP contribution in [0.25, 0.3) is 16.9 Å². The maximum absolute atomic E-state index is 12.7. The number of fused-ring (bicyclic) bond motifs is 1. The van der Waals surface area contributed by atoms with Gasteiger partial charge in [0.25, 0.3) is 11.6 Å². The van der Waals surface area contributed by atoms with Crippen LogP contribution in [0.2, 0.25) is 0 Å². The minimum absolute atomic E-state index is 0.0774. The van der Waals surface area contributed by atoms with Crippen LogP contribution in [0.1, 0.15) is 21.5 Å². The highest BCUT2D eigenvalue weighted by Crippen LogP contribution is 2.25. The molecule has 7 heteroatoms. The second kappa shape index (κ2) is 7.20. The summed E-state index contributed by atoms with van der Waals surface area (Å²) in [6, 6.07) is 15.8. The second-order valence-corrected chi connectivity index (χ2v) is 6.84. The minimum Gasteiger partial charge on any atom is -0.322 e. The van der Waals surface area contributed by atoms with E-state index in [0.717, 1.165) is 22.5 Å². The van der Waals surface area contributed by atoms with Crippen molar-refractivity contribution < 1.29 is 9.72 Å². The molecule has 4 aromatic rings. The summed E-state index contributed by atoms with van der Waals surface area (Å²) in [5.74, 6) is -0.394. The second-order valence-electron chi connectivity index (χ2n) is 6.84. The van der Waals surface area contributed by atoms with Crippen molar-refractivity contribution in [3.05, 3.63) is 93.8 Å². The van der Waals surface area contributed by atoms with Crippen molar-refractivity contribution in [2.24, 2.45) is 0 Å². The Morgan fingerprint density at radius 3 is 2.66 bits per heavy atom. The number of anilines is 1. The molecule has 0 fully saturated rings. The van der Waals surface area contributed by atoms with Gasteiger partial charge in [-0.15, -0.1) is 0 Å². The molecule has 2 heterocycles. The van der Waals surface area contributed by atoms with Gasteiger partial charge < -0.3 is 9.72 Å². The van der Waals surface area contributed by atoms with Crippen LogP contribution in [0.4, 0.5) is 11.4 Å². The van der Waals surface area contributed by atoms with Gasteiger partial charge in [0.2, 0.25) is 0 Å². The van der Waals surface area contributed by atoms with Crippen LogP contribution in [0.15, 0.2) is 67.0 Å². The number of aromatic nitrogens is 2. The van der Waals surface area contributed by atoms with Crippen LogP contribution in [-0.4, -0.2) is 20.2 Å². The third-order valence-electron chi connectivity index (χ3n) is 4.76. The molecule has 2 aromatic carbocycles. The fourth-order valence-corrected chi connectivity index (χ4v) is 3.26. The van der Waals surface area contributed by atoms with E-state index < -0.39 is 10.8 Å². The molecule has 0 saturated heterocycles. The Labute approximate surface area is 166 Å². The molecule has 144 valence electrons. The van der Waals surface area contributed by atoms with E-state index >= 15 is 0 Å². The van der Waals surface area contributed by atoms with Gasteiger partial charge in [0.15, 0.2) is 0 Å². The van der Waals surface area contributed by atoms with Crippen LogP contribution in [0, 0.1) is 24.0 Å². The summed E-state index contributed by atoms with van der Waals surface area (Å²) in [4.78, 5) is 27.9. The van der Waals surface area contributed by atoms with E-state index in [1.54, 1.807) is 19.1 Å². The van der Waals surface area contributed by atoms with Gasteiger partial charge in [-0.05, 0) is 43.7 Å². The molecule has 0 unspecified atom stereocenters. The Kier molecular flexibility index (Phi) is 4.56. The lowest BCUT2D eigenvalue weighted by Crippen LogP contribution is -2.14. The first kappa shape index (κ1) is 18.4. The van der Waals surface area contributed by atoms with Gasteiger partial charge in [-0.1, -0.05) is 24.3 Å². The monoisotopic (exact) mass is 386 g/mol. The minimum atomic E-state index is -0.488. The molecule has 0 aliphatic heterocycles. The van der Waals surface area contributed by atoms with Crippen LogP contribution in [-0.2, 0) is 0 Å². The maximum atomic E-state index is 12.7. The van der Waals surface area contributed by atoms with Gasteiger partial charge >= 0.3 is 0 Å². The zero-order valence-electron chi connectivity index (χ0n) is 15.9. The number of nitro groups is 1. The predicted molar refractivity (Wildman–Crippen MR) is 111 cm³/mol. The van der Waals surface area contributed by atoms with E-state index in [4.69, 9.17) is 0 Å². The first-order valence-corrected chi connectivity index (χ1v) is 9.03. The lowest BCUT2D eigenvalue weighted by Gasteiger charge is -2.09. The number of nitrogens with one attached hydrogen (secondary N) is 1. The number of nitrogens with zero attached hydrogens (tertiary/aromatic N) is 3. The molecule has 7 nitrogen and oxygen atoms in total. The molecule has 1 N–H and O–H groups in total. The summed E-state index contributed by atoms with van der Waals surface area (Å²) in [5, 5.41) is 13.9. The topological polar surface area (TPSA) is 89.5 Å². The summed E-state index contributed by atoms with van der Waals surface area (Å²) >= 11 is 0. The molecule has 0 atom stereocenters. The number of pyridine rings is 1. The third-order valence-corrected chi connectivity index (χ3v) is 4.76. The maximum Gasteiger partial charge on any atom is 0.273 e. The van der Waals surface area contributed by atoms with Gasteiger partial charge in [-0.2, -0.15) is 0 Å². The summed E-state index contributed by atoms with van der Waals surface area (Å²) in [6.07, 6.45) is 3.94. The average Bonchev–Trinajstić information content (AvgIpc) is 3.11. The zero-order chi connectivity index (χ0) is 20.5. The highest BCUT2D eigenvalue weighted by atomic mass is 16.6. The van der Waals surface area contributed by atoms with Gasteiger partial charge in [0.1, 0.15) is 5.65 Å². The number of carbonyl (C=O) groups is 1. The van der Waals surface area contributed by atoms with Crippen LogP contribution >= 0.6 is 0 Å². The van der Waals surface area contributed by atoms with Gasteiger partial charge in [-0.25, -0.2) is 4.98 Å². The Morgan fingerprint density at radius 2 is 1.86 bits per heavy atom. The molecule has 0 bridgehead atoms. The van der Waals surface area contributed by atoms with E-state index in [-0.39, 0.29) is 11.3 Å². The van der Waals surface area contributed by atoms with Crippen molar-refractivity contribution in [3.63, 3.8) is 0 Å². The van der Waals surface area contributed by atoms with E-state index in [2.05, 4.69) is 10.3 Å². The molecular formula is C22H18N4O3. The fourth-order valence-electron chi connectivity index (χ4n) is 3.26. The SMILES string of the molecule is Cc1ccc2nc(-c3cccc(NC(=O)c4cccc([N+](=O)[O-])c4C)c3)cn2c1. The van der Waals surface area contributed by atoms with Crippen LogP contribution in [0.5, 0.6) is 0 Å². The molecule has 0 radical (unpaired) electrons. The van der Waals surface area contributed by atoms with Crippen molar-refractivity contribution in [1.82, 2.24) is 9.38 Å². The highest BCUT2D eigenvalue weighted by molar-refractivity contribution is 6.06. The van der Waals surface area contributed by atoms with Crippen molar-refractivity contribution in [3.8, 4) is 11.3 Å². The quantitative estimate of drug-likeness (QED) is 0.404. The molecule has 0 aliphatic rings. The Morgan fingerprint density at radius 1 is 1.07 bits per heavy atom. The van der Waals surface area contributed by atoms with Crippen molar-refractivity contribution in [1.29, 1.82) is 0 Å². The number of amides is 1. The molecule has 2 aromatic heterocycles. The summed E-state index contributed by atoms with van der Waals surface area (Å²) < 4.78 is 1.96. The number of rotatable bonds is 4. The fraction of sp³-hybridized carbons (Fsp3) is 0.0909. The number of hydrogen-bond donors (Lipinski definition) is 1. The first-order valence-electron chi connectivity index (χ1n) is 9.03. The first-order chi connectivity index (χ1) is 13.9. The lowest BCUT2D eigenvalue weighted by molar-refractivity contribution is -0.385. The summed E-state index contributed by atoms with van der Waals surface area (Å²) in [6.45, 7) is 3.59. The zero-order valence-corrected chi connectivity index (χ0v) is 15.9. The van der Waals surface area contributed by atoms with E-state index in [0.29, 0.717) is 11.3 Å². The average molecular weight is 386 g/mol. The van der Waals surface area contributed by atoms with Crippen molar-refractivity contribution >= 4 is 22.9 Å². The number of imidazole rings is 1. The van der Waals surface area contributed by atoms with Crippen molar-refractivity contribution in [2.75, 3.05) is 5.32 Å². The number of benzene rings is 2. The third kappa shape index (κ3) is 3.58. The van der Waals surface area contributed by atoms with Gasteiger partial charge in [-0.3, -0.25) is 14.9 Å². The standard InChI is InChI=1S/C22H18N4O3/c1-14-9-10-21-24-19(13-25(21)12-14)16-5-3-6-17(11-16)23-22(27)18-7-4-8-20(15(18)2)26(28)29/h3-13H,1-2H3,(H,23,27). The molecule has 1 amide bonds. The normalized spacial score (nSPS) is 10.8. The summed E-state index contributed by atoms with van der Waals surface area (Å²) in [7, 11) is 0. The molecule has 29 heavy (non-hydrogen) atoms. The number of nitro benzene ring substituents is 1. The molecule has 4 rings (SSSR count). The molecule has 0 saturated carbocycles. The smallest absolute Gasteiger partial charge is 0.273 e. The lowest BCUT2D eigenvalue weighted by atomic mass is 10.1. The van der Waals surface area contributed by atoms with E-state index in [1.165, 1.54) is 12.1 Å². The highest BCUT2D eigenvalue weighted by Gasteiger charge is 2.18. The Bertz CT molecular complexity index is 1260. The molecule has 0 spiro atoms. The number of carbonyl (C=O) groups excluding carboxylic acids is 1. The summed E-state index contributed by atoms with van der Waals surface area (Å²) in [5.41, 5.74) is 4.74. The van der Waals surface area contributed by atoms with Crippen LogP contribution in [0.3, 0.4) is 0 Å². The van der Waals surface area contributed by atoms with E-state index in [1.807, 2.05) is 54.0 Å². The molecule has 0 aliphatic carbocycles. The number of hydrogen-bond acceptors (Lipinski definition) is 4. The predicted octanol–water partition coefficient (Wildman–Crippen LogP) is 4.78. The Balaban J connectivity index is 1.63. The van der Waals surface area contributed by atoms with E-state index in [9.17, 15) is 14.9 Å². The largest absolute Gasteiger partial charge is 0.322 e. The van der Waals surface area contributed by atoms with Gasteiger partial charge in [0.05, 0.1) is 10.6 Å². The number of aryl methyl sites for hydroxylation is 1.